The number of benzene rings is 2. The molecule has 0 atom stereocenters. The van der Waals surface area contributed by atoms with E-state index < -0.39 is 10.8 Å². The summed E-state index contributed by atoms with van der Waals surface area (Å²) >= 11 is 5.90. The zero-order chi connectivity index (χ0) is 17.8. The number of carbonyl (C=O) groups excluding carboxylic acids is 1. The van der Waals surface area contributed by atoms with Gasteiger partial charge in [0.1, 0.15) is 19.0 Å². The number of hydrogen-bond acceptors (Lipinski definition) is 6. The third kappa shape index (κ3) is 4.10. The number of nitro groups is 1. The first kappa shape index (κ1) is 16.8. The molecule has 1 aliphatic rings. The molecule has 25 heavy (non-hydrogen) atoms. The monoisotopic (exact) mass is 364 g/mol. The third-order valence-electron chi connectivity index (χ3n) is 3.31. The fraction of sp³-hybridized carbons (Fsp3) is 0.188. The number of rotatable bonds is 5. The van der Waals surface area contributed by atoms with Gasteiger partial charge in [0.15, 0.2) is 18.1 Å². The standard InChI is InChI=1S/C16H13ClN2O6/c17-12-8-11(19(21)22)2-4-13(12)25-9-16(20)18-10-1-3-14-15(7-10)24-6-5-23-14/h1-4,7-8H,5-6,9H2,(H,18,20). The molecule has 130 valence electrons. The number of ether oxygens (including phenoxy) is 3. The van der Waals surface area contributed by atoms with Gasteiger partial charge in [0.05, 0.1) is 9.95 Å². The van der Waals surface area contributed by atoms with E-state index in [1.54, 1.807) is 18.2 Å². The van der Waals surface area contributed by atoms with Gasteiger partial charge in [-0.2, -0.15) is 0 Å². The fourth-order valence-corrected chi connectivity index (χ4v) is 2.41. The number of anilines is 1. The number of halogens is 1. The van der Waals surface area contributed by atoms with Crippen molar-refractivity contribution < 1.29 is 23.9 Å². The molecule has 0 radical (unpaired) electrons. The molecule has 0 saturated heterocycles. The Morgan fingerprint density at radius 1 is 1.20 bits per heavy atom. The fourth-order valence-electron chi connectivity index (χ4n) is 2.18. The molecule has 0 aromatic heterocycles. The quantitative estimate of drug-likeness (QED) is 0.646. The van der Waals surface area contributed by atoms with Gasteiger partial charge in [0.2, 0.25) is 0 Å². The first-order valence-electron chi connectivity index (χ1n) is 7.29. The Kier molecular flexibility index (Phi) is 4.90. The van der Waals surface area contributed by atoms with Crippen molar-refractivity contribution in [1.82, 2.24) is 0 Å². The van der Waals surface area contributed by atoms with Crippen molar-refractivity contribution in [2.75, 3.05) is 25.1 Å². The van der Waals surface area contributed by atoms with Gasteiger partial charge in [-0.1, -0.05) is 11.6 Å². The Morgan fingerprint density at radius 3 is 2.68 bits per heavy atom. The van der Waals surface area contributed by atoms with E-state index in [4.69, 9.17) is 25.8 Å². The van der Waals surface area contributed by atoms with Gasteiger partial charge in [-0.3, -0.25) is 14.9 Å². The van der Waals surface area contributed by atoms with E-state index in [-0.39, 0.29) is 23.1 Å². The SMILES string of the molecule is O=C(COc1ccc([N+](=O)[O-])cc1Cl)Nc1ccc2c(c1)OCCO2. The summed E-state index contributed by atoms with van der Waals surface area (Å²) in [6.45, 7) is 0.640. The summed E-state index contributed by atoms with van der Waals surface area (Å²) in [6, 6.07) is 8.81. The largest absolute Gasteiger partial charge is 0.486 e. The van der Waals surface area contributed by atoms with E-state index in [1.165, 1.54) is 12.1 Å². The molecule has 0 aliphatic carbocycles. The van der Waals surface area contributed by atoms with E-state index in [1.807, 2.05) is 0 Å². The molecule has 1 N–H and O–H groups in total. The minimum absolute atomic E-state index is 0.0568. The highest BCUT2D eigenvalue weighted by Crippen LogP contribution is 2.32. The highest BCUT2D eigenvalue weighted by molar-refractivity contribution is 6.32. The molecule has 0 spiro atoms. The van der Waals surface area contributed by atoms with Crippen LogP contribution in [-0.4, -0.2) is 30.7 Å². The Balaban J connectivity index is 1.59. The number of amides is 1. The first-order chi connectivity index (χ1) is 12.0. The molecule has 8 nitrogen and oxygen atoms in total. The number of hydrogen-bond donors (Lipinski definition) is 1. The molecule has 2 aromatic carbocycles. The molecule has 0 saturated carbocycles. The van der Waals surface area contributed by atoms with Crippen molar-refractivity contribution in [1.29, 1.82) is 0 Å². The Morgan fingerprint density at radius 2 is 1.96 bits per heavy atom. The summed E-state index contributed by atoms with van der Waals surface area (Å²) in [4.78, 5) is 22.1. The molecule has 0 unspecified atom stereocenters. The lowest BCUT2D eigenvalue weighted by Crippen LogP contribution is -2.21. The van der Waals surface area contributed by atoms with Crippen LogP contribution < -0.4 is 19.5 Å². The molecule has 1 amide bonds. The molecule has 0 fully saturated rings. The van der Waals surface area contributed by atoms with Crippen LogP contribution in [0.3, 0.4) is 0 Å². The van der Waals surface area contributed by atoms with Crippen LogP contribution in [0.15, 0.2) is 36.4 Å². The number of fused-ring (bicyclic) bond motifs is 1. The van der Waals surface area contributed by atoms with E-state index >= 15 is 0 Å². The zero-order valence-corrected chi connectivity index (χ0v) is 13.6. The summed E-state index contributed by atoms with van der Waals surface area (Å²) < 4.78 is 16.1. The number of nitrogens with zero attached hydrogens (tertiary/aromatic N) is 1. The summed E-state index contributed by atoms with van der Waals surface area (Å²) in [5.74, 6) is 0.956. The zero-order valence-electron chi connectivity index (χ0n) is 12.9. The molecular weight excluding hydrogens is 352 g/mol. The maximum Gasteiger partial charge on any atom is 0.271 e. The van der Waals surface area contributed by atoms with E-state index in [0.717, 1.165) is 6.07 Å². The number of carbonyl (C=O) groups is 1. The smallest absolute Gasteiger partial charge is 0.271 e. The van der Waals surface area contributed by atoms with E-state index in [9.17, 15) is 14.9 Å². The maximum atomic E-state index is 12.0. The van der Waals surface area contributed by atoms with Crippen molar-refractivity contribution in [3.63, 3.8) is 0 Å². The molecule has 9 heteroatoms. The van der Waals surface area contributed by atoms with Gasteiger partial charge in [-0.25, -0.2) is 0 Å². The van der Waals surface area contributed by atoms with Gasteiger partial charge >= 0.3 is 0 Å². The van der Waals surface area contributed by atoms with Crippen molar-refractivity contribution in [2.24, 2.45) is 0 Å². The van der Waals surface area contributed by atoms with Crippen LogP contribution in [0, 0.1) is 10.1 Å². The molecule has 0 bridgehead atoms. The first-order valence-corrected chi connectivity index (χ1v) is 7.67. The van der Waals surface area contributed by atoms with Crippen LogP contribution in [0.5, 0.6) is 17.2 Å². The van der Waals surface area contributed by atoms with Gasteiger partial charge in [-0.15, -0.1) is 0 Å². The highest BCUT2D eigenvalue weighted by Gasteiger charge is 2.14. The maximum absolute atomic E-state index is 12.0. The average Bonchev–Trinajstić information content (AvgIpc) is 2.60. The second-order valence-electron chi connectivity index (χ2n) is 5.07. The van der Waals surface area contributed by atoms with Crippen LogP contribution in [0.4, 0.5) is 11.4 Å². The van der Waals surface area contributed by atoms with Gasteiger partial charge in [-0.05, 0) is 18.2 Å². The van der Waals surface area contributed by atoms with E-state index in [2.05, 4.69) is 5.32 Å². The number of non-ortho nitro benzene ring substituents is 1. The predicted molar refractivity (Wildman–Crippen MR) is 89.7 cm³/mol. The molecule has 1 heterocycles. The Hall–Kier alpha value is -3.00. The highest BCUT2D eigenvalue weighted by atomic mass is 35.5. The van der Waals surface area contributed by atoms with Crippen molar-refractivity contribution in [3.05, 3.63) is 51.5 Å². The van der Waals surface area contributed by atoms with Crippen LogP contribution in [0.1, 0.15) is 0 Å². The number of nitrogens with one attached hydrogen (secondary N) is 1. The molecule has 3 rings (SSSR count). The van der Waals surface area contributed by atoms with Crippen LogP contribution >= 0.6 is 11.6 Å². The lowest BCUT2D eigenvalue weighted by Gasteiger charge is -2.19. The summed E-state index contributed by atoms with van der Waals surface area (Å²) in [7, 11) is 0. The van der Waals surface area contributed by atoms with Crippen LogP contribution in [-0.2, 0) is 4.79 Å². The third-order valence-corrected chi connectivity index (χ3v) is 3.61. The minimum Gasteiger partial charge on any atom is -0.486 e. The lowest BCUT2D eigenvalue weighted by molar-refractivity contribution is -0.384. The van der Waals surface area contributed by atoms with Gasteiger partial charge < -0.3 is 19.5 Å². The van der Waals surface area contributed by atoms with Crippen molar-refractivity contribution in [2.45, 2.75) is 0 Å². The second-order valence-corrected chi connectivity index (χ2v) is 5.47. The summed E-state index contributed by atoms with van der Waals surface area (Å²) in [6.07, 6.45) is 0. The molecular formula is C16H13ClN2O6. The minimum atomic E-state index is -0.565. The topological polar surface area (TPSA) is 99.9 Å². The molecule has 2 aromatic rings. The van der Waals surface area contributed by atoms with E-state index in [0.29, 0.717) is 30.4 Å². The summed E-state index contributed by atoms with van der Waals surface area (Å²) in [5, 5.41) is 13.4. The molecule has 1 aliphatic heterocycles. The Bertz CT molecular complexity index is 826. The predicted octanol–water partition coefficient (Wildman–Crippen LogP) is 3.04. The normalized spacial score (nSPS) is 12.4. The lowest BCUT2D eigenvalue weighted by atomic mass is 10.2. The van der Waals surface area contributed by atoms with Gasteiger partial charge in [0.25, 0.3) is 11.6 Å². The van der Waals surface area contributed by atoms with Crippen molar-refractivity contribution in [3.8, 4) is 17.2 Å². The van der Waals surface area contributed by atoms with Crippen LogP contribution in [0.2, 0.25) is 5.02 Å². The Labute approximate surface area is 147 Å². The average molecular weight is 365 g/mol. The van der Waals surface area contributed by atoms with Gasteiger partial charge in [0, 0.05) is 23.9 Å². The van der Waals surface area contributed by atoms with Crippen LogP contribution in [0.25, 0.3) is 0 Å². The number of nitro benzene ring substituents is 1. The summed E-state index contributed by atoms with van der Waals surface area (Å²) in [5.41, 5.74) is 0.380. The second kappa shape index (κ2) is 7.27. The van der Waals surface area contributed by atoms with Crippen molar-refractivity contribution >= 4 is 28.9 Å².